The van der Waals surface area contributed by atoms with E-state index < -0.39 is 26.3 Å². The van der Waals surface area contributed by atoms with Gasteiger partial charge in [-0.2, -0.15) is 0 Å². The van der Waals surface area contributed by atoms with Gasteiger partial charge in [-0.1, -0.05) is 61.3 Å². The van der Waals surface area contributed by atoms with Crippen molar-refractivity contribution in [2.45, 2.75) is 102 Å². The first-order valence-electron chi connectivity index (χ1n) is 14.5. The van der Waals surface area contributed by atoms with Crippen molar-refractivity contribution in [3.05, 3.63) is 69.7 Å². The lowest BCUT2D eigenvalue weighted by molar-refractivity contribution is -0.163. The number of rotatable bonds is 10. The van der Waals surface area contributed by atoms with E-state index in [0.717, 1.165) is 11.1 Å². The highest BCUT2D eigenvalue weighted by molar-refractivity contribution is 7.91. The molecule has 2 unspecified atom stereocenters. The first kappa shape index (κ1) is 32.3. The summed E-state index contributed by atoms with van der Waals surface area (Å²) in [6.45, 7) is 11.6. The highest BCUT2D eigenvalue weighted by atomic mass is 35.5. The van der Waals surface area contributed by atoms with E-state index in [0.29, 0.717) is 42.3 Å². The molecule has 9 heteroatoms. The smallest absolute Gasteiger partial charge is 0.229 e. The van der Waals surface area contributed by atoms with Crippen molar-refractivity contribution in [3.63, 3.8) is 0 Å². The molecule has 41 heavy (non-hydrogen) atoms. The summed E-state index contributed by atoms with van der Waals surface area (Å²) < 4.78 is 37.8. The van der Waals surface area contributed by atoms with Gasteiger partial charge in [0.15, 0.2) is 15.6 Å². The van der Waals surface area contributed by atoms with Crippen LogP contribution in [0.4, 0.5) is 0 Å². The van der Waals surface area contributed by atoms with Gasteiger partial charge in [0.1, 0.15) is 0 Å². The minimum Gasteiger partial charge on any atom is -0.348 e. The van der Waals surface area contributed by atoms with Crippen molar-refractivity contribution >= 4 is 38.9 Å². The van der Waals surface area contributed by atoms with E-state index in [1.165, 1.54) is 0 Å². The zero-order valence-corrected chi connectivity index (χ0v) is 27.2. The van der Waals surface area contributed by atoms with Crippen LogP contribution >= 0.6 is 23.2 Å². The molecule has 2 aliphatic heterocycles. The average molecular weight is 625 g/mol. The predicted octanol–water partition coefficient (Wildman–Crippen LogP) is 7.59. The van der Waals surface area contributed by atoms with Gasteiger partial charge < -0.3 is 14.4 Å². The highest BCUT2D eigenvalue weighted by Gasteiger charge is 2.53. The van der Waals surface area contributed by atoms with Crippen LogP contribution in [0.1, 0.15) is 90.3 Å². The number of ether oxygens (including phenoxy) is 2. The number of sulfone groups is 1. The number of hydrogen-bond acceptors (Lipinski definition) is 5. The van der Waals surface area contributed by atoms with E-state index in [1.54, 1.807) is 13.8 Å². The summed E-state index contributed by atoms with van der Waals surface area (Å²) in [5, 5.41) is 0.769. The number of halogens is 2. The summed E-state index contributed by atoms with van der Waals surface area (Å²) in [5.74, 6) is -0.762. The summed E-state index contributed by atoms with van der Waals surface area (Å²) in [6, 6.07) is 14.9. The van der Waals surface area contributed by atoms with Crippen LogP contribution in [0.25, 0.3) is 0 Å². The third kappa shape index (κ3) is 7.30. The lowest BCUT2D eigenvalue weighted by atomic mass is 9.66. The lowest BCUT2D eigenvalue weighted by Gasteiger charge is -2.52. The Balaban J connectivity index is 1.83. The fraction of sp³-hybridized carbons (Fsp3) is 0.594. The molecule has 2 heterocycles. The molecule has 0 aromatic heterocycles. The second-order valence-electron chi connectivity index (χ2n) is 12.6. The van der Waals surface area contributed by atoms with Crippen LogP contribution in [-0.4, -0.2) is 54.8 Å². The molecule has 6 nitrogen and oxygen atoms in total. The van der Waals surface area contributed by atoms with Gasteiger partial charge in [-0.05, 0) is 88.8 Å². The molecular weight excluding hydrogens is 581 g/mol. The van der Waals surface area contributed by atoms with Gasteiger partial charge in [0.25, 0.3) is 0 Å². The molecule has 2 saturated heterocycles. The molecule has 0 bridgehead atoms. The second-order valence-corrected chi connectivity index (χ2v) is 16.1. The average Bonchev–Trinajstić information content (AvgIpc) is 3.24. The van der Waals surface area contributed by atoms with Gasteiger partial charge in [-0.15, -0.1) is 0 Å². The second kappa shape index (κ2) is 12.5. The quantitative estimate of drug-likeness (QED) is 0.272. The van der Waals surface area contributed by atoms with E-state index in [2.05, 4.69) is 6.07 Å². The summed E-state index contributed by atoms with van der Waals surface area (Å²) in [5.41, 5.74) is 1.23. The molecule has 2 fully saturated rings. The molecule has 226 valence electrons. The molecule has 0 radical (unpaired) electrons. The van der Waals surface area contributed by atoms with Gasteiger partial charge in [0.2, 0.25) is 5.91 Å². The van der Waals surface area contributed by atoms with Crippen molar-refractivity contribution in [3.8, 4) is 0 Å². The monoisotopic (exact) mass is 623 g/mol. The topological polar surface area (TPSA) is 72.9 Å². The van der Waals surface area contributed by atoms with Gasteiger partial charge in [0.05, 0.1) is 29.8 Å². The number of amides is 1. The van der Waals surface area contributed by atoms with E-state index in [4.69, 9.17) is 32.7 Å². The van der Waals surface area contributed by atoms with Crippen LogP contribution in [0.3, 0.4) is 0 Å². The SMILES string of the molecule is CCC(CCS(=O)(=O)C(C)C)N1C(=O)[C@@](C)(CC2COC(C)(C)O2)C[C@H](c2cccc(Cl)c2)[C@H]1c1ccc(Cl)cc1. The zero-order chi connectivity index (χ0) is 30.2. The molecule has 0 spiro atoms. The standard InChI is InChI=1S/C32H43Cl2NO5S/c1-7-26(15-16-41(37,38)21(2)3)35-29(22-11-13-24(33)14-12-22)28(23-9-8-10-25(34)17-23)19-32(6,30(35)36)18-27-20-39-31(4,5)40-27/h8-14,17,21,26-29H,7,15-16,18-20H2,1-6H3/t26?,27?,28-,29-,32+/m1/s1. The maximum absolute atomic E-state index is 14.8. The molecule has 1 amide bonds. The molecule has 5 atom stereocenters. The Hall–Kier alpha value is -1.64. The first-order chi connectivity index (χ1) is 19.2. The normalized spacial score (nSPS) is 27.4. The van der Waals surface area contributed by atoms with Gasteiger partial charge in [-0.25, -0.2) is 8.42 Å². The van der Waals surface area contributed by atoms with Crippen LogP contribution in [0.2, 0.25) is 10.0 Å². The number of hydrogen-bond donors (Lipinski definition) is 0. The van der Waals surface area contributed by atoms with Gasteiger partial charge >= 0.3 is 0 Å². The Morgan fingerprint density at radius 1 is 1.02 bits per heavy atom. The molecule has 4 rings (SSSR count). The van der Waals surface area contributed by atoms with E-state index in [9.17, 15) is 13.2 Å². The molecule has 2 aliphatic rings. The highest BCUT2D eigenvalue weighted by Crippen LogP contribution is 2.53. The van der Waals surface area contributed by atoms with Crippen molar-refractivity contribution in [1.82, 2.24) is 4.90 Å². The Morgan fingerprint density at radius 3 is 2.27 bits per heavy atom. The molecule has 0 aliphatic carbocycles. The van der Waals surface area contributed by atoms with Gasteiger partial charge in [-0.3, -0.25) is 4.79 Å². The number of likely N-dealkylation sites (tertiary alicyclic amines) is 1. The lowest BCUT2D eigenvalue weighted by Crippen LogP contribution is -2.56. The number of nitrogens with zero attached hydrogens (tertiary/aromatic N) is 1. The first-order valence-corrected chi connectivity index (χ1v) is 17.0. The van der Waals surface area contributed by atoms with Gasteiger partial charge in [0, 0.05) is 27.4 Å². The summed E-state index contributed by atoms with van der Waals surface area (Å²) in [4.78, 5) is 16.8. The van der Waals surface area contributed by atoms with E-state index in [1.807, 2.05) is 75.1 Å². The number of carbonyl (C=O) groups is 1. The number of benzene rings is 2. The summed E-state index contributed by atoms with van der Waals surface area (Å²) in [6.07, 6.45) is 1.83. The molecule has 2 aromatic carbocycles. The summed E-state index contributed by atoms with van der Waals surface area (Å²) in [7, 11) is -3.29. The Morgan fingerprint density at radius 2 is 1.71 bits per heavy atom. The van der Waals surface area contributed by atoms with Crippen molar-refractivity contribution in [2.75, 3.05) is 12.4 Å². The van der Waals surface area contributed by atoms with Crippen molar-refractivity contribution in [2.24, 2.45) is 5.41 Å². The molecule has 2 aromatic rings. The molecule has 0 saturated carbocycles. The minimum absolute atomic E-state index is 0.0119. The van der Waals surface area contributed by atoms with Crippen molar-refractivity contribution in [1.29, 1.82) is 0 Å². The minimum atomic E-state index is -3.29. The van der Waals surface area contributed by atoms with E-state index >= 15 is 0 Å². The zero-order valence-electron chi connectivity index (χ0n) is 24.9. The largest absolute Gasteiger partial charge is 0.348 e. The maximum atomic E-state index is 14.8. The Kier molecular flexibility index (Phi) is 9.87. The van der Waals surface area contributed by atoms with E-state index in [-0.39, 0.29) is 35.8 Å². The van der Waals surface area contributed by atoms with Crippen molar-refractivity contribution < 1.29 is 22.7 Å². The van der Waals surface area contributed by atoms with Crippen LogP contribution in [0, 0.1) is 5.41 Å². The predicted molar refractivity (Wildman–Crippen MR) is 165 cm³/mol. The third-order valence-corrected chi connectivity index (χ3v) is 11.4. The Labute approximate surface area is 255 Å². The summed E-state index contributed by atoms with van der Waals surface area (Å²) >= 11 is 12.8. The fourth-order valence-corrected chi connectivity index (χ4v) is 7.81. The Bertz CT molecular complexity index is 1330. The molecule has 0 N–H and O–H groups in total. The van der Waals surface area contributed by atoms with Crippen LogP contribution in [0.5, 0.6) is 0 Å². The van der Waals surface area contributed by atoms with Crippen LogP contribution < -0.4 is 0 Å². The third-order valence-electron chi connectivity index (χ3n) is 8.65. The van der Waals surface area contributed by atoms with Crippen LogP contribution in [0.15, 0.2) is 48.5 Å². The number of carbonyl (C=O) groups excluding carboxylic acids is 1. The van der Waals surface area contributed by atoms with Crippen LogP contribution in [-0.2, 0) is 24.1 Å². The molecular formula is C32H43Cl2NO5S. The number of piperidine rings is 1. The fourth-order valence-electron chi connectivity index (χ4n) is 6.41. The maximum Gasteiger partial charge on any atom is 0.229 e.